The molecule has 3 rings (SSSR count). The van der Waals surface area contributed by atoms with E-state index >= 15 is 0 Å². The number of likely N-dealkylation sites (tertiary alicyclic amines) is 1. The quantitative estimate of drug-likeness (QED) is 0.630. The predicted molar refractivity (Wildman–Crippen MR) is 94.5 cm³/mol. The van der Waals surface area contributed by atoms with Crippen LogP contribution in [0.25, 0.3) is 0 Å². The second-order valence-corrected chi connectivity index (χ2v) is 6.68. The van der Waals surface area contributed by atoms with Crippen LogP contribution in [-0.2, 0) is 11.2 Å². The number of benzene rings is 1. The van der Waals surface area contributed by atoms with E-state index in [1.165, 1.54) is 5.56 Å². The Morgan fingerprint density at radius 3 is 2.71 bits per heavy atom. The monoisotopic (exact) mass is 324 g/mol. The average Bonchev–Trinajstić information content (AvgIpc) is 3.02. The van der Waals surface area contributed by atoms with E-state index in [0.717, 1.165) is 44.6 Å². The molecule has 1 saturated heterocycles. The highest BCUT2D eigenvalue weighted by atomic mass is 16.2. The SMILES string of the molecule is CN1CCC(N(C)C(=O)/C(C#N)=C\N2CCc3ccccc32)CC1. The van der Waals surface area contributed by atoms with E-state index in [-0.39, 0.29) is 17.5 Å². The second-order valence-electron chi connectivity index (χ2n) is 6.68. The van der Waals surface area contributed by atoms with Gasteiger partial charge in [0.05, 0.1) is 0 Å². The van der Waals surface area contributed by atoms with Gasteiger partial charge >= 0.3 is 0 Å². The van der Waals surface area contributed by atoms with Crippen LogP contribution in [0.15, 0.2) is 36.0 Å². The van der Waals surface area contributed by atoms with Gasteiger partial charge in [-0.1, -0.05) is 18.2 Å². The number of fused-ring (bicyclic) bond motifs is 1. The minimum Gasteiger partial charge on any atom is -0.346 e. The minimum absolute atomic E-state index is 0.170. The third-order valence-electron chi connectivity index (χ3n) is 5.12. The predicted octanol–water partition coefficient (Wildman–Crippen LogP) is 2.01. The van der Waals surface area contributed by atoms with Crippen molar-refractivity contribution in [2.24, 2.45) is 0 Å². The van der Waals surface area contributed by atoms with Crippen LogP contribution in [0.2, 0.25) is 0 Å². The van der Waals surface area contributed by atoms with E-state index < -0.39 is 0 Å². The largest absolute Gasteiger partial charge is 0.346 e. The Morgan fingerprint density at radius 2 is 2.00 bits per heavy atom. The van der Waals surface area contributed by atoms with Crippen molar-refractivity contribution in [1.29, 1.82) is 5.26 Å². The van der Waals surface area contributed by atoms with Crippen molar-refractivity contribution in [3.05, 3.63) is 41.6 Å². The Kier molecular flexibility index (Phi) is 4.86. The lowest BCUT2D eigenvalue weighted by atomic mass is 10.0. The lowest BCUT2D eigenvalue weighted by molar-refractivity contribution is -0.128. The Balaban J connectivity index is 1.74. The number of carbonyl (C=O) groups is 1. The van der Waals surface area contributed by atoms with Gasteiger partial charge in [0, 0.05) is 31.5 Å². The van der Waals surface area contributed by atoms with Gasteiger partial charge in [-0.05, 0) is 51.0 Å². The summed E-state index contributed by atoms with van der Waals surface area (Å²) in [5, 5.41) is 9.49. The number of carbonyl (C=O) groups excluding carboxylic acids is 1. The number of para-hydroxylation sites is 1. The zero-order valence-electron chi connectivity index (χ0n) is 14.4. The van der Waals surface area contributed by atoms with E-state index in [2.05, 4.69) is 24.1 Å². The van der Waals surface area contributed by atoms with E-state index in [1.54, 1.807) is 11.1 Å². The lowest BCUT2D eigenvalue weighted by Crippen LogP contribution is -2.45. The first-order valence-corrected chi connectivity index (χ1v) is 8.52. The first kappa shape index (κ1) is 16.5. The fourth-order valence-electron chi connectivity index (χ4n) is 3.52. The summed E-state index contributed by atoms with van der Waals surface area (Å²) in [6.45, 7) is 2.80. The Bertz CT molecular complexity index is 683. The van der Waals surface area contributed by atoms with Gasteiger partial charge in [-0.3, -0.25) is 4.79 Å². The maximum absolute atomic E-state index is 12.7. The number of rotatable bonds is 3. The Labute approximate surface area is 143 Å². The van der Waals surface area contributed by atoms with Gasteiger partial charge in [-0.25, -0.2) is 0 Å². The highest BCUT2D eigenvalue weighted by Crippen LogP contribution is 2.28. The summed E-state index contributed by atoms with van der Waals surface area (Å²) in [6, 6.07) is 10.5. The van der Waals surface area contributed by atoms with E-state index in [9.17, 15) is 10.1 Å². The molecule has 0 bridgehead atoms. The fourth-order valence-corrected chi connectivity index (χ4v) is 3.52. The number of piperidine rings is 1. The molecule has 0 unspecified atom stereocenters. The molecule has 0 radical (unpaired) electrons. The molecule has 2 heterocycles. The molecule has 1 fully saturated rings. The molecule has 1 aromatic rings. The maximum atomic E-state index is 12.7. The summed E-state index contributed by atoms with van der Waals surface area (Å²) in [5.74, 6) is -0.170. The van der Waals surface area contributed by atoms with Crippen molar-refractivity contribution in [2.75, 3.05) is 38.6 Å². The molecule has 2 aliphatic rings. The zero-order valence-corrected chi connectivity index (χ0v) is 14.4. The summed E-state index contributed by atoms with van der Waals surface area (Å²) in [7, 11) is 3.92. The summed E-state index contributed by atoms with van der Waals surface area (Å²) >= 11 is 0. The highest BCUT2D eigenvalue weighted by Gasteiger charge is 2.27. The van der Waals surface area contributed by atoms with Crippen molar-refractivity contribution < 1.29 is 4.79 Å². The van der Waals surface area contributed by atoms with E-state index in [1.807, 2.05) is 30.1 Å². The highest BCUT2D eigenvalue weighted by molar-refractivity contribution is 5.97. The zero-order chi connectivity index (χ0) is 17.1. The molecule has 24 heavy (non-hydrogen) atoms. The molecule has 0 N–H and O–H groups in total. The number of nitrogens with zero attached hydrogens (tertiary/aromatic N) is 4. The minimum atomic E-state index is -0.170. The van der Waals surface area contributed by atoms with Gasteiger partial charge < -0.3 is 14.7 Å². The Morgan fingerprint density at radius 1 is 1.29 bits per heavy atom. The summed E-state index contributed by atoms with van der Waals surface area (Å²) in [4.78, 5) is 18.8. The standard InChI is InChI=1S/C19H24N4O/c1-21-10-8-17(9-11-21)22(2)19(24)16(13-20)14-23-12-7-15-5-3-4-6-18(15)23/h3-6,14,17H,7-12H2,1-2H3/b16-14-. The van der Waals surface area contributed by atoms with Crippen LogP contribution in [0.4, 0.5) is 5.69 Å². The maximum Gasteiger partial charge on any atom is 0.266 e. The molecular formula is C19H24N4O. The van der Waals surface area contributed by atoms with Crippen LogP contribution >= 0.6 is 0 Å². The van der Waals surface area contributed by atoms with Gasteiger partial charge in [0.15, 0.2) is 0 Å². The van der Waals surface area contributed by atoms with Crippen LogP contribution in [-0.4, -0.2) is 55.5 Å². The van der Waals surface area contributed by atoms with Crippen molar-refractivity contribution in [2.45, 2.75) is 25.3 Å². The molecule has 1 aromatic carbocycles. The third kappa shape index (κ3) is 3.29. The number of anilines is 1. The Hall–Kier alpha value is -2.32. The number of hydrogen-bond donors (Lipinski definition) is 0. The first-order chi connectivity index (χ1) is 11.6. The second kappa shape index (κ2) is 7.06. The number of hydrogen-bond acceptors (Lipinski definition) is 4. The number of amides is 1. The molecular weight excluding hydrogens is 300 g/mol. The first-order valence-electron chi connectivity index (χ1n) is 8.52. The number of likely N-dealkylation sites (N-methyl/N-ethyl adjacent to an activating group) is 1. The average molecular weight is 324 g/mol. The molecule has 0 atom stereocenters. The summed E-state index contributed by atoms with van der Waals surface area (Å²) < 4.78 is 0. The molecule has 0 saturated carbocycles. The third-order valence-corrected chi connectivity index (χ3v) is 5.12. The molecule has 0 spiro atoms. The van der Waals surface area contributed by atoms with Crippen LogP contribution < -0.4 is 4.90 Å². The summed E-state index contributed by atoms with van der Waals surface area (Å²) in [5.41, 5.74) is 2.58. The van der Waals surface area contributed by atoms with Crippen LogP contribution in [0.5, 0.6) is 0 Å². The van der Waals surface area contributed by atoms with Crippen molar-refractivity contribution in [3.8, 4) is 6.07 Å². The van der Waals surface area contributed by atoms with Crippen LogP contribution in [0, 0.1) is 11.3 Å². The molecule has 5 heteroatoms. The van der Waals surface area contributed by atoms with Crippen molar-refractivity contribution >= 4 is 11.6 Å². The van der Waals surface area contributed by atoms with Gasteiger partial charge in [-0.2, -0.15) is 5.26 Å². The number of nitriles is 1. The molecule has 1 amide bonds. The topological polar surface area (TPSA) is 50.6 Å². The lowest BCUT2D eigenvalue weighted by Gasteiger charge is -2.35. The summed E-state index contributed by atoms with van der Waals surface area (Å²) in [6.07, 6.45) is 4.60. The molecule has 126 valence electrons. The van der Waals surface area contributed by atoms with E-state index in [4.69, 9.17) is 0 Å². The van der Waals surface area contributed by atoms with Crippen molar-refractivity contribution in [3.63, 3.8) is 0 Å². The molecule has 2 aliphatic heterocycles. The normalized spacial score (nSPS) is 19.0. The van der Waals surface area contributed by atoms with Crippen LogP contribution in [0.1, 0.15) is 18.4 Å². The van der Waals surface area contributed by atoms with E-state index in [0.29, 0.717) is 0 Å². The molecule has 5 nitrogen and oxygen atoms in total. The molecule has 0 aliphatic carbocycles. The fraction of sp³-hybridized carbons (Fsp3) is 0.474. The van der Waals surface area contributed by atoms with Crippen molar-refractivity contribution in [1.82, 2.24) is 9.80 Å². The van der Waals surface area contributed by atoms with Gasteiger partial charge in [0.2, 0.25) is 0 Å². The smallest absolute Gasteiger partial charge is 0.266 e. The van der Waals surface area contributed by atoms with Gasteiger partial charge in [-0.15, -0.1) is 0 Å². The van der Waals surface area contributed by atoms with Gasteiger partial charge in [0.25, 0.3) is 5.91 Å². The molecule has 0 aromatic heterocycles. The van der Waals surface area contributed by atoms with Crippen LogP contribution in [0.3, 0.4) is 0 Å². The van der Waals surface area contributed by atoms with Gasteiger partial charge in [0.1, 0.15) is 11.6 Å².